The van der Waals surface area contributed by atoms with Crippen LogP contribution in [0.1, 0.15) is 42.1 Å². The van der Waals surface area contributed by atoms with E-state index in [0.29, 0.717) is 18.1 Å². The highest BCUT2D eigenvalue weighted by Gasteiger charge is 2.38. The maximum atomic E-state index is 11.9. The predicted octanol–water partition coefficient (Wildman–Crippen LogP) is 1.65. The summed E-state index contributed by atoms with van der Waals surface area (Å²) in [5.74, 6) is -0.318. The molecule has 2 atom stereocenters. The van der Waals surface area contributed by atoms with Crippen LogP contribution in [0.5, 0.6) is 0 Å². The number of amides is 2. The fourth-order valence-corrected chi connectivity index (χ4v) is 2.31. The summed E-state index contributed by atoms with van der Waals surface area (Å²) in [6.07, 6.45) is 0.706. The smallest absolute Gasteiger partial charge is 0.339 e. The van der Waals surface area contributed by atoms with Crippen molar-refractivity contribution in [2.24, 2.45) is 0 Å². The molecule has 1 fully saturated rings. The summed E-state index contributed by atoms with van der Waals surface area (Å²) < 4.78 is 10.7. The minimum Gasteiger partial charge on any atom is -0.478 e. The molecule has 0 aromatic carbocycles. The lowest BCUT2D eigenvalue weighted by Gasteiger charge is -2.28. The summed E-state index contributed by atoms with van der Waals surface area (Å²) in [4.78, 5) is 22.8. The monoisotopic (exact) mass is 296 g/mol. The number of ether oxygens (including phenoxy) is 1. The number of carboxylic acids is 1. The minimum atomic E-state index is -1.05. The van der Waals surface area contributed by atoms with Crippen molar-refractivity contribution in [1.29, 1.82) is 0 Å². The third kappa shape index (κ3) is 3.36. The molecule has 116 valence electrons. The van der Waals surface area contributed by atoms with Crippen LogP contribution >= 0.6 is 0 Å². The third-order valence-corrected chi connectivity index (χ3v) is 3.91. The number of furan rings is 1. The second-order valence-corrected chi connectivity index (χ2v) is 5.48. The van der Waals surface area contributed by atoms with Crippen molar-refractivity contribution in [2.45, 2.75) is 45.4 Å². The molecule has 0 radical (unpaired) electrons. The summed E-state index contributed by atoms with van der Waals surface area (Å²) in [6.45, 7) is 6.18. The number of urea groups is 1. The van der Waals surface area contributed by atoms with Gasteiger partial charge in [-0.15, -0.1) is 0 Å². The molecule has 2 heterocycles. The topological polar surface area (TPSA) is 101 Å². The van der Waals surface area contributed by atoms with Crippen LogP contribution in [0.2, 0.25) is 0 Å². The van der Waals surface area contributed by atoms with Crippen molar-refractivity contribution in [3.05, 3.63) is 23.2 Å². The van der Waals surface area contributed by atoms with Crippen molar-refractivity contribution in [3.8, 4) is 0 Å². The SMILES string of the molecule is Cc1oc(CNC(=O)NC2(C)CCOC2C)cc1C(=O)O. The van der Waals surface area contributed by atoms with Gasteiger partial charge < -0.3 is 24.9 Å². The van der Waals surface area contributed by atoms with Gasteiger partial charge in [0.1, 0.15) is 17.1 Å². The normalized spacial score (nSPS) is 24.8. The Morgan fingerprint density at radius 1 is 1.52 bits per heavy atom. The Balaban J connectivity index is 1.89. The predicted molar refractivity (Wildman–Crippen MR) is 74.2 cm³/mol. The Kier molecular flexibility index (Phi) is 4.22. The average Bonchev–Trinajstić information content (AvgIpc) is 2.91. The summed E-state index contributed by atoms with van der Waals surface area (Å²) in [7, 11) is 0. The van der Waals surface area contributed by atoms with Crippen LogP contribution in [0, 0.1) is 6.92 Å². The van der Waals surface area contributed by atoms with E-state index in [2.05, 4.69) is 10.6 Å². The highest BCUT2D eigenvalue weighted by Crippen LogP contribution is 2.24. The first-order valence-electron chi connectivity index (χ1n) is 6.82. The van der Waals surface area contributed by atoms with Crippen molar-refractivity contribution >= 4 is 12.0 Å². The zero-order valence-corrected chi connectivity index (χ0v) is 12.4. The van der Waals surface area contributed by atoms with Gasteiger partial charge >= 0.3 is 12.0 Å². The van der Waals surface area contributed by atoms with E-state index in [1.165, 1.54) is 6.07 Å². The van der Waals surface area contributed by atoms with Crippen LogP contribution in [0.25, 0.3) is 0 Å². The Bertz CT molecular complexity index is 554. The van der Waals surface area contributed by atoms with E-state index in [1.54, 1.807) is 6.92 Å². The molecular weight excluding hydrogens is 276 g/mol. The molecule has 0 aliphatic carbocycles. The van der Waals surface area contributed by atoms with Gasteiger partial charge in [0.15, 0.2) is 0 Å². The van der Waals surface area contributed by atoms with E-state index in [1.807, 2.05) is 13.8 Å². The molecule has 0 spiro atoms. The van der Waals surface area contributed by atoms with Gasteiger partial charge in [-0.2, -0.15) is 0 Å². The van der Waals surface area contributed by atoms with E-state index in [4.69, 9.17) is 14.3 Å². The molecule has 1 aromatic rings. The third-order valence-electron chi connectivity index (χ3n) is 3.91. The first-order valence-corrected chi connectivity index (χ1v) is 6.82. The van der Waals surface area contributed by atoms with Gasteiger partial charge in [0.2, 0.25) is 0 Å². The number of carbonyl (C=O) groups excluding carboxylic acids is 1. The highest BCUT2D eigenvalue weighted by atomic mass is 16.5. The number of hydrogen-bond acceptors (Lipinski definition) is 4. The fourth-order valence-electron chi connectivity index (χ4n) is 2.31. The van der Waals surface area contributed by atoms with Gasteiger partial charge in [-0.1, -0.05) is 0 Å². The quantitative estimate of drug-likeness (QED) is 0.784. The lowest BCUT2D eigenvalue weighted by atomic mass is 9.95. The molecule has 2 unspecified atom stereocenters. The van der Waals surface area contributed by atoms with Crippen LogP contribution in [-0.4, -0.2) is 35.4 Å². The molecule has 2 amide bonds. The maximum Gasteiger partial charge on any atom is 0.339 e. The Morgan fingerprint density at radius 3 is 2.76 bits per heavy atom. The van der Waals surface area contributed by atoms with E-state index in [9.17, 15) is 9.59 Å². The molecule has 7 heteroatoms. The van der Waals surface area contributed by atoms with E-state index in [-0.39, 0.29) is 24.2 Å². The van der Waals surface area contributed by atoms with Crippen LogP contribution in [0.4, 0.5) is 4.79 Å². The molecule has 3 N–H and O–H groups in total. The van der Waals surface area contributed by atoms with Crippen molar-refractivity contribution in [2.75, 3.05) is 6.61 Å². The van der Waals surface area contributed by atoms with Gasteiger partial charge in [-0.05, 0) is 33.3 Å². The zero-order valence-electron chi connectivity index (χ0n) is 12.4. The van der Waals surface area contributed by atoms with Crippen molar-refractivity contribution in [1.82, 2.24) is 10.6 Å². The molecule has 1 aromatic heterocycles. The lowest BCUT2D eigenvalue weighted by molar-refractivity contribution is 0.0695. The number of carbonyl (C=O) groups is 2. The molecule has 0 saturated carbocycles. The number of carboxylic acid groups (broad SMARTS) is 1. The average molecular weight is 296 g/mol. The summed E-state index contributed by atoms with van der Waals surface area (Å²) in [5, 5.41) is 14.5. The number of hydrogen-bond donors (Lipinski definition) is 3. The lowest BCUT2D eigenvalue weighted by Crippen LogP contribution is -2.53. The number of nitrogens with one attached hydrogen (secondary N) is 2. The van der Waals surface area contributed by atoms with Gasteiger partial charge in [0, 0.05) is 6.61 Å². The van der Waals surface area contributed by atoms with Crippen LogP contribution in [-0.2, 0) is 11.3 Å². The second kappa shape index (κ2) is 5.77. The van der Waals surface area contributed by atoms with Gasteiger partial charge in [0.05, 0.1) is 18.2 Å². The maximum absolute atomic E-state index is 11.9. The molecule has 2 rings (SSSR count). The molecule has 1 aliphatic rings. The summed E-state index contributed by atoms with van der Waals surface area (Å²) >= 11 is 0. The molecule has 1 aliphatic heterocycles. The number of rotatable bonds is 4. The van der Waals surface area contributed by atoms with Gasteiger partial charge in [0.25, 0.3) is 0 Å². The Labute approximate surface area is 122 Å². The first-order chi connectivity index (χ1) is 9.82. The van der Waals surface area contributed by atoms with Crippen LogP contribution in [0.15, 0.2) is 10.5 Å². The van der Waals surface area contributed by atoms with Gasteiger partial charge in [-0.3, -0.25) is 0 Å². The largest absolute Gasteiger partial charge is 0.478 e. The van der Waals surface area contributed by atoms with Crippen LogP contribution < -0.4 is 10.6 Å². The van der Waals surface area contributed by atoms with Gasteiger partial charge in [-0.25, -0.2) is 9.59 Å². The summed E-state index contributed by atoms with van der Waals surface area (Å²) in [5.41, 5.74) is -0.285. The molecular formula is C14H20N2O5. The molecule has 1 saturated heterocycles. The zero-order chi connectivity index (χ0) is 15.6. The van der Waals surface area contributed by atoms with E-state index < -0.39 is 11.5 Å². The fraction of sp³-hybridized carbons (Fsp3) is 0.571. The highest BCUT2D eigenvalue weighted by molar-refractivity contribution is 5.88. The minimum absolute atomic E-state index is 0.0484. The number of aryl methyl sites for hydroxylation is 1. The first kappa shape index (κ1) is 15.4. The van der Waals surface area contributed by atoms with E-state index >= 15 is 0 Å². The van der Waals surface area contributed by atoms with E-state index in [0.717, 1.165) is 6.42 Å². The Hall–Kier alpha value is -2.02. The summed E-state index contributed by atoms with van der Waals surface area (Å²) in [6, 6.07) is 1.09. The van der Waals surface area contributed by atoms with Crippen LogP contribution in [0.3, 0.4) is 0 Å². The van der Waals surface area contributed by atoms with Crippen molar-refractivity contribution < 1.29 is 23.8 Å². The molecule has 7 nitrogen and oxygen atoms in total. The molecule has 0 bridgehead atoms. The van der Waals surface area contributed by atoms with Crippen molar-refractivity contribution in [3.63, 3.8) is 0 Å². The Morgan fingerprint density at radius 2 is 2.24 bits per heavy atom. The standard InChI is InChI=1S/C14H20N2O5/c1-8-11(12(17)18)6-10(21-8)7-15-13(19)16-14(3)4-5-20-9(14)2/h6,9H,4-5,7H2,1-3H3,(H,17,18)(H2,15,16,19). The molecule has 21 heavy (non-hydrogen) atoms. The second-order valence-electron chi connectivity index (χ2n) is 5.48. The number of aromatic carboxylic acids is 1.